The number of Topliss-reactive ketones (excluding diaryl/α,β-unsaturated/α-hetero) is 1. The Kier molecular flexibility index (Phi) is 6.84. The SMILES string of the molecule is CN(C)C=C(C#N)C(=O)c1cc2ccc(CN3CCOCC3)cc2n1S(=O)(=O)c1ccccc1. The predicted octanol–water partition coefficient (Wildman–Crippen LogP) is 2.86. The van der Waals surface area contributed by atoms with E-state index in [1.807, 2.05) is 24.3 Å². The van der Waals surface area contributed by atoms with Gasteiger partial charge in [-0.05, 0) is 29.8 Å². The zero-order chi connectivity index (χ0) is 24.3. The molecule has 1 saturated heterocycles. The molecule has 0 unspecified atom stereocenters. The van der Waals surface area contributed by atoms with E-state index in [0.717, 1.165) is 22.6 Å². The fraction of sp³-hybridized carbons (Fsp3) is 0.280. The molecule has 2 heterocycles. The fourth-order valence-corrected chi connectivity index (χ4v) is 5.51. The van der Waals surface area contributed by atoms with Crippen molar-refractivity contribution in [2.45, 2.75) is 11.4 Å². The van der Waals surface area contributed by atoms with Gasteiger partial charge < -0.3 is 9.64 Å². The monoisotopic (exact) mass is 478 g/mol. The number of rotatable bonds is 7. The molecule has 9 heteroatoms. The summed E-state index contributed by atoms with van der Waals surface area (Å²) in [7, 11) is -0.719. The normalized spacial score (nSPS) is 15.3. The molecule has 4 rings (SSSR count). The van der Waals surface area contributed by atoms with Gasteiger partial charge in [-0.25, -0.2) is 12.4 Å². The van der Waals surface area contributed by atoms with Crippen LogP contribution >= 0.6 is 0 Å². The average Bonchev–Trinajstić information content (AvgIpc) is 3.23. The number of carbonyl (C=O) groups is 1. The van der Waals surface area contributed by atoms with Crippen LogP contribution in [0.2, 0.25) is 0 Å². The van der Waals surface area contributed by atoms with E-state index < -0.39 is 15.8 Å². The minimum atomic E-state index is -4.11. The van der Waals surface area contributed by atoms with Crippen LogP contribution in [0.15, 0.2) is 71.3 Å². The first-order valence-corrected chi connectivity index (χ1v) is 12.3. The quantitative estimate of drug-likeness (QED) is 0.293. The van der Waals surface area contributed by atoms with Gasteiger partial charge in [-0.2, -0.15) is 5.26 Å². The topological polar surface area (TPSA) is 95.6 Å². The van der Waals surface area contributed by atoms with Crippen molar-refractivity contribution in [1.82, 2.24) is 13.8 Å². The summed E-state index contributed by atoms with van der Waals surface area (Å²) in [6, 6.07) is 17.0. The lowest BCUT2D eigenvalue weighted by Gasteiger charge is -2.26. The molecule has 0 radical (unpaired) electrons. The number of allylic oxidation sites excluding steroid dienone is 1. The third-order valence-electron chi connectivity index (χ3n) is 5.60. The van der Waals surface area contributed by atoms with Gasteiger partial charge in [0.15, 0.2) is 0 Å². The Morgan fingerprint density at radius 3 is 2.47 bits per heavy atom. The molecule has 176 valence electrons. The molecule has 0 N–H and O–H groups in total. The standard InChI is InChI=1S/C25H26N4O4S/c1-27(2)18-21(16-26)25(30)24-15-20-9-8-19(17-28-10-12-33-13-11-28)14-23(20)29(24)34(31,32)22-6-4-3-5-7-22/h3-9,14-15,18H,10-13,17H2,1-2H3. The number of nitriles is 1. The minimum Gasteiger partial charge on any atom is -0.382 e. The van der Waals surface area contributed by atoms with E-state index in [1.165, 1.54) is 24.4 Å². The highest BCUT2D eigenvalue weighted by Gasteiger charge is 2.28. The Balaban J connectivity index is 1.90. The maximum Gasteiger partial charge on any atom is 0.268 e. The van der Waals surface area contributed by atoms with Crippen LogP contribution in [-0.4, -0.2) is 68.4 Å². The van der Waals surface area contributed by atoms with Crippen LogP contribution in [-0.2, 0) is 21.3 Å². The van der Waals surface area contributed by atoms with Crippen molar-refractivity contribution in [3.8, 4) is 6.07 Å². The molecule has 1 aliphatic rings. The third kappa shape index (κ3) is 4.75. The number of nitrogens with zero attached hydrogens (tertiary/aromatic N) is 4. The smallest absolute Gasteiger partial charge is 0.268 e. The highest BCUT2D eigenvalue weighted by molar-refractivity contribution is 7.90. The van der Waals surface area contributed by atoms with Crippen molar-refractivity contribution >= 4 is 26.7 Å². The van der Waals surface area contributed by atoms with Gasteiger partial charge >= 0.3 is 0 Å². The van der Waals surface area contributed by atoms with Crippen molar-refractivity contribution in [2.75, 3.05) is 40.4 Å². The van der Waals surface area contributed by atoms with Gasteiger partial charge in [0.1, 0.15) is 17.3 Å². The molecule has 0 amide bonds. The molecule has 0 aliphatic carbocycles. The number of morpholine rings is 1. The second kappa shape index (κ2) is 9.81. The average molecular weight is 479 g/mol. The fourth-order valence-electron chi connectivity index (χ4n) is 3.99. The summed E-state index contributed by atoms with van der Waals surface area (Å²) in [5.41, 5.74) is 1.11. The van der Waals surface area contributed by atoms with Crippen LogP contribution in [0.25, 0.3) is 10.9 Å². The first-order chi connectivity index (χ1) is 16.3. The molecule has 0 bridgehead atoms. The summed E-state index contributed by atoms with van der Waals surface area (Å²) < 4.78 is 34.0. The summed E-state index contributed by atoms with van der Waals surface area (Å²) in [6.45, 7) is 3.56. The van der Waals surface area contributed by atoms with E-state index in [-0.39, 0.29) is 16.2 Å². The minimum absolute atomic E-state index is 0.0650. The summed E-state index contributed by atoms with van der Waals surface area (Å²) >= 11 is 0. The van der Waals surface area contributed by atoms with E-state index in [2.05, 4.69) is 4.90 Å². The van der Waals surface area contributed by atoms with Gasteiger partial charge in [0.25, 0.3) is 10.0 Å². The van der Waals surface area contributed by atoms with E-state index in [0.29, 0.717) is 30.7 Å². The van der Waals surface area contributed by atoms with Crippen LogP contribution in [0, 0.1) is 11.3 Å². The summed E-state index contributed by atoms with van der Waals surface area (Å²) in [4.78, 5) is 17.2. The number of carbonyl (C=O) groups excluding carboxylic acids is 1. The summed E-state index contributed by atoms with van der Waals surface area (Å²) in [5, 5.41) is 10.2. The second-order valence-electron chi connectivity index (χ2n) is 8.34. The van der Waals surface area contributed by atoms with Crippen LogP contribution in [0.3, 0.4) is 0 Å². The van der Waals surface area contributed by atoms with Gasteiger partial charge in [0, 0.05) is 45.3 Å². The largest absolute Gasteiger partial charge is 0.382 e. The van der Waals surface area contributed by atoms with Crippen molar-refractivity contribution in [3.05, 3.63) is 77.6 Å². The molecule has 8 nitrogen and oxygen atoms in total. The number of hydrogen-bond donors (Lipinski definition) is 0. The third-order valence-corrected chi connectivity index (χ3v) is 7.34. The Morgan fingerprint density at radius 2 is 1.82 bits per heavy atom. The van der Waals surface area contributed by atoms with E-state index in [9.17, 15) is 18.5 Å². The molecule has 0 saturated carbocycles. The van der Waals surface area contributed by atoms with E-state index in [1.54, 1.807) is 37.2 Å². The van der Waals surface area contributed by atoms with Crippen LogP contribution < -0.4 is 0 Å². The van der Waals surface area contributed by atoms with Crippen molar-refractivity contribution in [2.24, 2.45) is 0 Å². The van der Waals surface area contributed by atoms with Crippen LogP contribution in [0.1, 0.15) is 16.1 Å². The lowest BCUT2D eigenvalue weighted by Crippen LogP contribution is -2.35. The molecule has 0 atom stereocenters. The van der Waals surface area contributed by atoms with Crippen LogP contribution in [0.5, 0.6) is 0 Å². The van der Waals surface area contributed by atoms with Gasteiger partial charge in [-0.15, -0.1) is 0 Å². The molecule has 1 aromatic heterocycles. The van der Waals surface area contributed by atoms with Crippen LogP contribution in [0.4, 0.5) is 0 Å². The molecule has 0 spiro atoms. The first kappa shape index (κ1) is 23.7. The van der Waals surface area contributed by atoms with Gasteiger partial charge in [-0.3, -0.25) is 9.69 Å². The first-order valence-electron chi connectivity index (χ1n) is 10.9. The maximum atomic E-state index is 13.7. The lowest BCUT2D eigenvalue weighted by molar-refractivity contribution is 0.0342. The second-order valence-corrected chi connectivity index (χ2v) is 10.1. The highest BCUT2D eigenvalue weighted by Crippen LogP contribution is 2.29. The highest BCUT2D eigenvalue weighted by atomic mass is 32.2. The zero-order valence-electron chi connectivity index (χ0n) is 19.1. The summed E-state index contributed by atoms with van der Waals surface area (Å²) in [6.07, 6.45) is 1.39. The van der Waals surface area contributed by atoms with E-state index >= 15 is 0 Å². The van der Waals surface area contributed by atoms with E-state index in [4.69, 9.17) is 4.74 Å². The molecular formula is C25H26N4O4S. The van der Waals surface area contributed by atoms with Gasteiger partial charge in [0.05, 0.1) is 23.6 Å². The Morgan fingerprint density at radius 1 is 1.12 bits per heavy atom. The van der Waals surface area contributed by atoms with Gasteiger partial charge in [0.2, 0.25) is 5.78 Å². The Hall–Kier alpha value is -3.45. The lowest BCUT2D eigenvalue weighted by atomic mass is 10.1. The molecule has 3 aromatic rings. The van der Waals surface area contributed by atoms with Crippen molar-refractivity contribution in [3.63, 3.8) is 0 Å². The number of fused-ring (bicyclic) bond motifs is 1. The molecule has 34 heavy (non-hydrogen) atoms. The Labute approximate surface area is 199 Å². The zero-order valence-corrected chi connectivity index (χ0v) is 20.0. The van der Waals surface area contributed by atoms with Gasteiger partial charge in [-0.1, -0.05) is 30.3 Å². The number of ether oxygens (including phenoxy) is 1. The molecule has 2 aromatic carbocycles. The Bertz CT molecular complexity index is 1380. The summed E-state index contributed by atoms with van der Waals surface area (Å²) in [5.74, 6) is -0.651. The maximum absolute atomic E-state index is 13.7. The molecule has 1 aliphatic heterocycles. The van der Waals surface area contributed by atoms with Crippen molar-refractivity contribution < 1.29 is 17.9 Å². The number of aromatic nitrogens is 1. The number of hydrogen-bond acceptors (Lipinski definition) is 7. The predicted molar refractivity (Wildman–Crippen MR) is 129 cm³/mol. The number of ketones is 1. The number of benzene rings is 2. The molecular weight excluding hydrogens is 452 g/mol. The van der Waals surface area contributed by atoms with Crippen molar-refractivity contribution in [1.29, 1.82) is 5.26 Å². The molecule has 1 fully saturated rings.